The van der Waals surface area contributed by atoms with Gasteiger partial charge in [-0.1, -0.05) is 71.6 Å². The maximum atomic E-state index is 9.78. The van der Waals surface area contributed by atoms with Gasteiger partial charge in [0.2, 0.25) is 0 Å². The van der Waals surface area contributed by atoms with E-state index >= 15 is 0 Å². The van der Waals surface area contributed by atoms with Crippen LogP contribution >= 0.6 is 0 Å². The molecule has 2 saturated carbocycles. The van der Waals surface area contributed by atoms with Crippen LogP contribution in [0.1, 0.15) is 117 Å². The molecule has 0 saturated heterocycles. The van der Waals surface area contributed by atoms with E-state index in [1.807, 2.05) is 0 Å². The molecule has 0 atom stereocenters. The summed E-state index contributed by atoms with van der Waals surface area (Å²) in [5, 5.41) is 9.78. The number of unbranched alkanes of at least 4 members (excludes halogenated alkanes) is 4. The van der Waals surface area contributed by atoms with E-state index < -0.39 is 0 Å². The summed E-state index contributed by atoms with van der Waals surface area (Å²) < 4.78 is 0. The van der Waals surface area contributed by atoms with Crippen molar-refractivity contribution in [3.05, 3.63) is 0 Å². The molecule has 2 aliphatic rings. The number of rotatable bonds is 9. The van der Waals surface area contributed by atoms with Gasteiger partial charge in [-0.15, -0.1) is 0 Å². The van der Waals surface area contributed by atoms with Crippen LogP contribution in [0.5, 0.6) is 0 Å². The Kier molecular flexibility index (Phi) is 8.65. The van der Waals surface area contributed by atoms with Crippen LogP contribution in [0.2, 0.25) is 0 Å². The molecule has 138 valence electrons. The highest BCUT2D eigenvalue weighted by Gasteiger charge is 2.38. The fourth-order valence-corrected chi connectivity index (χ4v) is 5.51. The largest absolute Gasteiger partial charge is 0.198 e. The van der Waals surface area contributed by atoms with Crippen molar-refractivity contribution in [2.24, 2.45) is 23.2 Å². The Morgan fingerprint density at radius 3 is 2.00 bits per heavy atom. The number of nitriles is 1. The number of hydrogen-bond donors (Lipinski definition) is 0. The molecule has 1 heteroatoms. The van der Waals surface area contributed by atoms with Gasteiger partial charge >= 0.3 is 0 Å². The van der Waals surface area contributed by atoms with Gasteiger partial charge in [-0.2, -0.15) is 5.26 Å². The Morgan fingerprint density at radius 2 is 1.42 bits per heavy atom. The van der Waals surface area contributed by atoms with Gasteiger partial charge in [-0.25, -0.2) is 0 Å². The molecule has 0 aliphatic heterocycles. The molecule has 0 radical (unpaired) electrons. The zero-order valence-electron chi connectivity index (χ0n) is 16.5. The van der Waals surface area contributed by atoms with Gasteiger partial charge in [-0.3, -0.25) is 0 Å². The van der Waals surface area contributed by atoms with Crippen molar-refractivity contribution in [3.63, 3.8) is 0 Å². The normalized spacial score (nSPS) is 34.0. The Labute approximate surface area is 151 Å². The maximum Gasteiger partial charge on any atom is 0.0689 e. The second-order valence-corrected chi connectivity index (χ2v) is 8.96. The monoisotopic (exact) mass is 331 g/mol. The average molecular weight is 332 g/mol. The van der Waals surface area contributed by atoms with Crippen LogP contribution in [0, 0.1) is 34.5 Å². The van der Waals surface area contributed by atoms with Gasteiger partial charge in [0.05, 0.1) is 11.5 Å². The quantitative estimate of drug-likeness (QED) is 0.398. The summed E-state index contributed by atoms with van der Waals surface area (Å²) in [6.45, 7) is 4.60. The van der Waals surface area contributed by atoms with Crippen molar-refractivity contribution >= 4 is 0 Å². The molecule has 0 unspecified atom stereocenters. The predicted octanol–water partition coefficient (Wildman–Crippen LogP) is 7.65. The third kappa shape index (κ3) is 5.79. The third-order valence-electron chi connectivity index (χ3n) is 7.24. The van der Waals surface area contributed by atoms with E-state index in [0.717, 1.165) is 17.8 Å². The molecule has 2 fully saturated rings. The van der Waals surface area contributed by atoms with E-state index in [2.05, 4.69) is 19.9 Å². The Morgan fingerprint density at radius 1 is 0.792 bits per heavy atom. The van der Waals surface area contributed by atoms with Crippen LogP contribution in [0.25, 0.3) is 0 Å². The molecule has 24 heavy (non-hydrogen) atoms. The highest BCUT2D eigenvalue weighted by molar-refractivity contribution is 5.02. The van der Waals surface area contributed by atoms with Crippen molar-refractivity contribution in [1.29, 1.82) is 5.26 Å². The first-order valence-corrected chi connectivity index (χ1v) is 11.1. The summed E-state index contributed by atoms with van der Waals surface area (Å²) in [5.74, 6) is 2.95. The second kappa shape index (κ2) is 10.5. The van der Waals surface area contributed by atoms with Crippen molar-refractivity contribution < 1.29 is 0 Å². The zero-order chi connectivity index (χ0) is 17.3. The molecule has 2 rings (SSSR count). The summed E-state index contributed by atoms with van der Waals surface area (Å²) in [6, 6.07) is 2.76. The minimum atomic E-state index is 0.0438. The first-order chi connectivity index (χ1) is 11.7. The van der Waals surface area contributed by atoms with Gasteiger partial charge in [0, 0.05) is 0 Å². The minimum absolute atomic E-state index is 0.0438. The molecule has 1 nitrogen and oxygen atoms in total. The summed E-state index contributed by atoms with van der Waals surface area (Å²) in [4.78, 5) is 0. The van der Waals surface area contributed by atoms with Crippen LogP contribution in [-0.4, -0.2) is 0 Å². The lowest BCUT2D eigenvalue weighted by Crippen LogP contribution is -2.31. The van der Waals surface area contributed by atoms with E-state index in [9.17, 15) is 5.26 Å². The van der Waals surface area contributed by atoms with Gasteiger partial charge in [0.1, 0.15) is 0 Å². The lowest BCUT2D eigenvalue weighted by molar-refractivity contribution is 0.115. The van der Waals surface area contributed by atoms with Crippen LogP contribution in [0.3, 0.4) is 0 Å². The van der Waals surface area contributed by atoms with Gasteiger partial charge in [-0.05, 0) is 62.7 Å². The Balaban J connectivity index is 1.70. The van der Waals surface area contributed by atoms with Crippen molar-refractivity contribution in [2.45, 2.75) is 117 Å². The number of nitrogens with zero attached hydrogens (tertiary/aromatic N) is 1. The lowest BCUT2D eigenvalue weighted by atomic mass is 9.63. The van der Waals surface area contributed by atoms with E-state index in [1.54, 1.807) is 0 Å². The van der Waals surface area contributed by atoms with E-state index in [1.165, 1.54) is 103 Å². The fraction of sp³-hybridized carbons (Fsp3) is 0.957. The van der Waals surface area contributed by atoms with Crippen molar-refractivity contribution in [3.8, 4) is 6.07 Å². The number of hydrogen-bond acceptors (Lipinski definition) is 1. The van der Waals surface area contributed by atoms with E-state index in [0.29, 0.717) is 0 Å². The molecule has 2 aliphatic carbocycles. The second-order valence-electron chi connectivity index (χ2n) is 8.96. The maximum absolute atomic E-state index is 9.78. The van der Waals surface area contributed by atoms with Crippen LogP contribution in [0.15, 0.2) is 0 Å². The molecule has 0 aromatic heterocycles. The highest BCUT2D eigenvalue weighted by Crippen LogP contribution is 2.47. The van der Waals surface area contributed by atoms with E-state index in [4.69, 9.17) is 0 Å². The van der Waals surface area contributed by atoms with Crippen LogP contribution in [-0.2, 0) is 0 Å². The lowest BCUT2D eigenvalue weighted by Gasteiger charge is -2.41. The topological polar surface area (TPSA) is 23.8 Å². The molecule has 0 bridgehead atoms. The molecule has 0 heterocycles. The van der Waals surface area contributed by atoms with Gasteiger partial charge < -0.3 is 0 Å². The first kappa shape index (κ1) is 19.8. The zero-order valence-corrected chi connectivity index (χ0v) is 16.5. The van der Waals surface area contributed by atoms with Crippen molar-refractivity contribution in [2.75, 3.05) is 0 Å². The molecule has 0 aromatic rings. The molecule has 0 N–H and O–H groups in total. The standard InChI is InChI=1S/C23H41N/c1-3-5-6-7-8-16-23(19-24)17-14-22(15-18-23)21-12-10-20(9-4-2)11-13-21/h20-22H,3-18H2,1-2H3/t20?,21?,22-,23+. The predicted molar refractivity (Wildman–Crippen MR) is 104 cm³/mol. The summed E-state index contributed by atoms with van der Waals surface area (Å²) >= 11 is 0. The Bertz CT molecular complexity index is 364. The van der Waals surface area contributed by atoms with Crippen molar-refractivity contribution in [1.82, 2.24) is 0 Å². The highest BCUT2D eigenvalue weighted by atomic mass is 14.4. The molecular formula is C23H41N. The SMILES string of the molecule is CCCCCCC[C@]1(C#N)CC[C@@H](C2CCC(CCC)CC2)CC1. The smallest absolute Gasteiger partial charge is 0.0689 e. The fourth-order valence-electron chi connectivity index (χ4n) is 5.51. The molecular weight excluding hydrogens is 290 g/mol. The molecule has 0 amide bonds. The molecule has 0 spiro atoms. The molecule has 0 aromatic carbocycles. The van der Waals surface area contributed by atoms with Crippen LogP contribution in [0.4, 0.5) is 0 Å². The summed E-state index contributed by atoms with van der Waals surface area (Å²) in [7, 11) is 0. The van der Waals surface area contributed by atoms with Crippen LogP contribution < -0.4 is 0 Å². The van der Waals surface area contributed by atoms with E-state index in [-0.39, 0.29) is 5.41 Å². The van der Waals surface area contributed by atoms with Gasteiger partial charge in [0.15, 0.2) is 0 Å². The summed E-state index contributed by atoms with van der Waals surface area (Å²) in [6.07, 6.45) is 21.6. The first-order valence-electron chi connectivity index (χ1n) is 11.1. The van der Waals surface area contributed by atoms with Gasteiger partial charge in [0.25, 0.3) is 0 Å². The average Bonchev–Trinajstić information content (AvgIpc) is 2.63. The third-order valence-corrected chi connectivity index (χ3v) is 7.24. The minimum Gasteiger partial charge on any atom is -0.198 e. The Hall–Kier alpha value is -0.510. The summed E-state index contributed by atoms with van der Waals surface area (Å²) in [5.41, 5.74) is 0.0438.